The third-order valence-electron chi connectivity index (χ3n) is 5.52. The van der Waals surface area contributed by atoms with Gasteiger partial charge in [0.2, 0.25) is 11.8 Å². The molecule has 3 heterocycles. The Morgan fingerprint density at radius 1 is 1.15 bits per heavy atom. The van der Waals surface area contributed by atoms with Gasteiger partial charge in [0.15, 0.2) is 0 Å². The van der Waals surface area contributed by atoms with Crippen molar-refractivity contribution in [2.45, 2.75) is 38.5 Å². The molecule has 3 aliphatic rings. The van der Waals surface area contributed by atoms with Gasteiger partial charge in [0.05, 0.1) is 26.6 Å². The molecule has 172 valence electrons. The molecule has 8 nitrogen and oxygen atoms in total. The highest BCUT2D eigenvalue weighted by molar-refractivity contribution is 6.05. The molecule has 5 rings (SSSR count). The lowest BCUT2D eigenvalue weighted by molar-refractivity contribution is -0.136. The Bertz CT molecular complexity index is 1470. The summed E-state index contributed by atoms with van der Waals surface area (Å²) in [5.74, 6) is -3.94. The first kappa shape index (κ1) is 13.5. The summed E-state index contributed by atoms with van der Waals surface area (Å²) in [6, 6.07) is 0.135. The van der Waals surface area contributed by atoms with E-state index in [0.29, 0.717) is 31.2 Å². The Balaban J connectivity index is 1.42. The summed E-state index contributed by atoms with van der Waals surface area (Å²) >= 11 is 0. The van der Waals surface area contributed by atoms with Gasteiger partial charge in [-0.25, -0.2) is 0 Å². The lowest BCUT2D eigenvalue weighted by Gasteiger charge is -2.29. The summed E-state index contributed by atoms with van der Waals surface area (Å²) in [5.41, 5.74) is 0.327. The summed E-state index contributed by atoms with van der Waals surface area (Å²) in [6.45, 7) is 1.50. The maximum atomic E-state index is 13.3. The number of morpholine rings is 1. The van der Waals surface area contributed by atoms with E-state index in [1.165, 1.54) is 18.2 Å². The molecule has 0 aromatic heterocycles. The summed E-state index contributed by atoms with van der Waals surface area (Å²) < 4.78 is 86.1. The van der Waals surface area contributed by atoms with E-state index in [1.54, 1.807) is 5.32 Å². The second-order valence-corrected chi connectivity index (χ2v) is 7.69. The summed E-state index contributed by atoms with van der Waals surface area (Å²) in [5, 5.41) is 1.66. The number of nitrogens with one attached hydrogen (secondary N) is 1. The molecule has 33 heavy (non-hydrogen) atoms. The first-order valence-corrected chi connectivity index (χ1v) is 10.4. The second-order valence-electron chi connectivity index (χ2n) is 7.69. The number of hydrogen-bond donors (Lipinski definition) is 1. The fourth-order valence-electron chi connectivity index (χ4n) is 3.82. The molecule has 1 N–H and O–H groups in total. The molecule has 0 unspecified atom stereocenters. The predicted octanol–water partition coefficient (Wildman–Crippen LogP) is 1.86. The normalized spacial score (nSPS) is 30.4. The Morgan fingerprint density at radius 3 is 2.70 bits per heavy atom. The molecule has 0 spiro atoms. The maximum Gasteiger partial charge on any atom is 0.255 e. The van der Waals surface area contributed by atoms with Crippen molar-refractivity contribution in [3.05, 3.63) is 64.6 Å². The van der Waals surface area contributed by atoms with Crippen LogP contribution in [0.2, 0.25) is 0 Å². The minimum absolute atomic E-state index is 0.0267. The van der Waals surface area contributed by atoms with E-state index in [-0.39, 0.29) is 58.7 Å². The van der Waals surface area contributed by atoms with Gasteiger partial charge in [0, 0.05) is 42.6 Å². The number of hydrogen-bond acceptors (Lipinski definition) is 6. The minimum Gasteiger partial charge on any atom is -0.489 e. The van der Waals surface area contributed by atoms with Crippen molar-refractivity contribution < 1.29 is 36.2 Å². The topological polar surface area (TPSA) is 88.2 Å². The number of rotatable bonds is 6. The van der Waals surface area contributed by atoms with Gasteiger partial charge in [-0.15, -0.1) is 0 Å². The lowest BCUT2D eigenvalue weighted by atomic mass is 10.0. The monoisotopic (exact) mass is 458 g/mol. The molecule has 2 fully saturated rings. The fraction of sp³-hybridized carbons (Fsp3) is 0.400. The number of piperidine rings is 1. The van der Waals surface area contributed by atoms with Crippen LogP contribution in [-0.2, 0) is 34.0 Å². The van der Waals surface area contributed by atoms with E-state index >= 15 is 0 Å². The van der Waals surface area contributed by atoms with Gasteiger partial charge in [-0.05, 0) is 29.6 Å². The molecule has 0 bridgehead atoms. The minimum atomic E-state index is -3.42. The summed E-state index contributed by atoms with van der Waals surface area (Å²) in [4.78, 5) is 40.6. The second kappa shape index (κ2) is 9.33. The number of fused-ring (bicyclic) bond motifs is 1. The molecule has 0 aliphatic carbocycles. The highest BCUT2D eigenvalue weighted by atomic mass is 16.5. The maximum absolute atomic E-state index is 13.3. The molecule has 0 saturated carbocycles. The number of carbonyl (C=O) groups excluding carboxylic acids is 3. The van der Waals surface area contributed by atoms with Crippen LogP contribution >= 0.6 is 0 Å². The number of ether oxygens (including phenoxy) is 2. The highest BCUT2D eigenvalue weighted by Gasteiger charge is 2.40. The molecule has 3 amide bonds. The zero-order valence-electron chi connectivity index (χ0n) is 26.6. The average molecular weight is 459 g/mol. The van der Waals surface area contributed by atoms with E-state index in [2.05, 4.69) is 0 Å². The van der Waals surface area contributed by atoms with Crippen LogP contribution < -0.4 is 10.1 Å². The Morgan fingerprint density at radius 2 is 1.91 bits per heavy atom. The van der Waals surface area contributed by atoms with Crippen LogP contribution in [0.3, 0.4) is 0 Å². The van der Waals surface area contributed by atoms with Crippen molar-refractivity contribution in [2.24, 2.45) is 0 Å². The van der Waals surface area contributed by atoms with Gasteiger partial charge >= 0.3 is 0 Å². The molecule has 3 aliphatic heterocycles. The molecule has 2 saturated heterocycles. The fourth-order valence-corrected chi connectivity index (χ4v) is 3.82. The quantitative estimate of drug-likeness (QED) is 0.665. The van der Waals surface area contributed by atoms with E-state index in [1.807, 2.05) is 4.90 Å². The smallest absolute Gasteiger partial charge is 0.255 e. The van der Waals surface area contributed by atoms with Crippen LogP contribution in [0.5, 0.6) is 5.75 Å². The molecular formula is C25H27N3O5. The van der Waals surface area contributed by atoms with Crippen LogP contribution in [-0.4, -0.2) is 59.8 Å². The van der Waals surface area contributed by atoms with Crippen molar-refractivity contribution in [3.8, 4) is 5.75 Å². The summed E-state index contributed by atoms with van der Waals surface area (Å²) in [7, 11) is 0. The van der Waals surface area contributed by atoms with Crippen molar-refractivity contribution in [1.82, 2.24) is 15.1 Å². The van der Waals surface area contributed by atoms with Crippen LogP contribution in [0.4, 0.5) is 0 Å². The van der Waals surface area contributed by atoms with Crippen LogP contribution in [0.1, 0.15) is 52.1 Å². The van der Waals surface area contributed by atoms with Crippen molar-refractivity contribution in [2.75, 3.05) is 26.3 Å². The third kappa shape index (κ3) is 4.62. The van der Waals surface area contributed by atoms with Gasteiger partial charge in [0.25, 0.3) is 5.91 Å². The standard InChI is InChI=1S/C25H27N3O5/c29-23-9-8-21(24(30)26-23)28-15-20-19(25(28)31)2-1-3-22(20)33-16-18-6-4-17(5-7-18)14-27-10-12-32-13-11-27/h1-7,21H,8-16H2,(H,26,29,30)/t21-/m1/s1/i4D,5D,6D,7D,8D2,9D2,21D. The van der Waals surface area contributed by atoms with Crippen molar-refractivity contribution >= 4 is 17.7 Å². The molecule has 2 aromatic carbocycles. The first-order chi connectivity index (χ1) is 19.6. The molecule has 1 atom stereocenters. The summed E-state index contributed by atoms with van der Waals surface area (Å²) in [6.07, 6.45) is -6.72. The van der Waals surface area contributed by atoms with Gasteiger partial charge in [-0.3, -0.25) is 24.6 Å². The molecule has 8 heteroatoms. The van der Waals surface area contributed by atoms with Crippen LogP contribution in [0, 0.1) is 0 Å². The van der Waals surface area contributed by atoms with E-state index in [0.717, 1.165) is 0 Å². The van der Waals surface area contributed by atoms with Crippen LogP contribution in [0.15, 0.2) is 42.4 Å². The van der Waals surface area contributed by atoms with Gasteiger partial charge in [-0.2, -0.15) is 0 Å². The highest BCUT2D eigenvalue weighted by Crippen LogP contribution is 2.34. The third-order valence-corrected chi connectivity index (χ3v) is 5.52. The van der Waals surface area contributed by atoms with Crippen molar-refractivity contribution in [1.29, 1.82) is 0 Å². The number of nitrogens with zero attached hydrogens (tertiary/aromatic N) is 2. The van der Waals surface area contributed by atoms with Crippen molar-refractivity contribution in [3.63, 3.8) is 0 Å². The number of carbonyl (C=O) groups is 3. The van der Waals surface area contributed by atoms with Gasteiger partial charge in [-0.1, -0.05) is 30.2 Å². The largest absolute Gasteiger partial charge is 0.489 e. The Hall–Kier alpha value is -3.23. The van der Waals surface area contributed by atoms with Crippen LogP contribution in [0.25, 0.3) is 0 Å². The van der Waals surface area contributed by atoms with E-state index in [4.69, 9.17) is 21.8 Å². The van der Waals surface area contributed by atoms with E-state index < -0.39 is 49.6 Å². The Labute approximate surface area is 205 Å². The molecular weight excluding hydrogens is 422 g/mol. The lowest BCUT2D eigenvalue weighted by Crippen LogP contribution is -2.52. The predicted molar refractivity (Wildman–Crippen MR) is 119 cm³/mol. The number of benzene rings is 2. The number of imide groups is 1. The average Bonchev–Trinajstić information content (AvgIpc) is 3.30. The van der Waals surface area contributed by atoms with Gasteiger partial charge < -0.3 is 14.4 Å². The SMILES string of the molecule is [2H]c1c([2H])c(CN2CCOCC2)c([2H])c([2H])c1COc1cccc2c1CN([C@@]1([2H])C(=O)NC(=O)C([2H])([2H])C1([2H])[2H])C2=O. The van der Waals surface area contributed by atoms with Gasteiger partial charge in [0.1, 0.15) is 18.4 Å². The zero-order chi connectivity index (χ0) is 30.8. The molecule has 0 radical (unpaired) electrons. The Kier molecular flexibility index (Phi) is 3.81. The molecule has 2 aromatic rings. The zero-order valence-corrected chi connectivity index (χ0v) is 17.6. The van der Waals surface area contributed by atoms with E-state index in [9.17, 15) is 14.4 Å². The number of amides is 3. The first-order valence-electron chi connectivity index (χ1n) is 14.9.